The Labute approximate surface area is 419 Å². The summed E-state index contributed by atoms with van der Waals surface area (Å²) < 4.78 is 0. The van der Waals surface area contributed by atoms with Crippen molar-refractivity contribution in [2.45, 2.75) is 139 Å². The van der Waals surface area contributed by atoms with E-state index in [4.69, 9.17) is 10.8 Å². The molecule has 0 saturated carbocycles. The summed E-state index contributed by atoms with van der Waals surface area (Å²) in [6.07, 6.45) is -5.18. The predicted octanol–water partition coefficient (Wildman–Crippen LogP) is -0.886. The highest BCUT2D eigenvalue weighted by Crippen LogP contribution is 2.20. The van der Waals surface area contributed by atoms with Crippen molar-refractivity contribution in [3.8, 4) is 0 Å². The third kappa shape index (κ3) is 22.3. The molecule has 0 unspecified atom stereocenters. The van der Waals surface area contributed by atoms with Gasteiger partial charge in [-0.15, -0.1) is 11.8 Å². The van der Waals surface area contributed by atoms with E-state index < -0.39 is 151 Å². The van der Waals surface area contributed by atoms with Crippen LogP contribution in [-0.4, -0.2) is 151 Å². The highest BCUT2D eigenvalue weighted by molar-refractivity contribution is 7.99. The molecule has 2 rings (SSSR count). The number of thioether (sulfide) groups is 1. The number of benzene rings is 2. The normalized spacial score (nSPS) is 14.8. The highest BCUT2D eigenvalue weighted by atomic mass is 32.2. The van der Waals surface area contributed by atoms with Crippen LogP contribution in [0.15, 0.2) is 65.6 Å². The first-order valence-electron chi connectivity index (χ1n) is 23.0. The van der Waals surface area contributed by atoms with Gasteiger partial charge in [-0.05, 0) is 55.7 Å². The van der Waals surface area contributed by atoms with E-state index in [1.807, 2.05) is 0 Å². The Balaban J connectivity index is 2.33. The van der Waals surface area contributed by atoms with Crippen LogP contribution in [0, 0.1) is 11.8 Å². The molecule has 0 radical (unpaired) electrons. The van der Waals surface area contributed by atoms with Gasteiger partial charge in [0.15, 0.2) is 6.10 Å². The summed E-state index contributed by atoms with van der Waals surface area (Å²) in [5, 5.41) is 65.9. The van der Waals surface area contributed by atoms with E-state index in [-0.39, 0.29) is 30.9 Å². The molecule has 0 saturated heterocycles. The first-order chi connectivity index (χ1) is 33.8. The number of carboxylic acid groups (broad SMARTS) is 4. The van der Waals surface area contributed by atoms with E-state index in [2.05, 4.69) is 37.2 Å². The Morgan fingerprint density at radius 1 is 0.542 bits per heavy atom. The van der Waals surface area contributed by atoms with Gasteiger partial charge >= 0.3 is 23.9 Å². The Hall–Kier alpha value is -7.12. The van der Waals surface area contributed by atoms with E-state index in [0.717, 1.165) is 18.7 Å². The van der Waals surface area contributed by atoms with Crippen LogP contribution in [0.3, 0.4) is 0 Å². The van der Waals surface area contributed by atoms with E-state index in [1.54, 1.807) is 88.4 Å². The molecule has 72 heavy (non-hydrogen) atoms. The van der Waals surface area contributed by atoms with Crippen LogP contribution >= 0.6 is 11.8 Å². The highest BCUT2D eigenvalue weighted by Gasteiger charge is 2.37. The number of aliphatic hydroxyl groups is 1. The number of hydrogen-bond donors (Lipinski definition) is 13. The molecule has 0 aliphatic carbocycles. The maximum absolute atomic E-state index is 14.0. The number of rotatable bonds is 32. The molecule has 396 valence electrons. The largest absolute Gasteiger partial charge is 0.481 e. The quantitative estimate of drug-likeness (QED) is 0.0396. The molecule has 9 atom stereocenters. The van der Waals surface area contributed by atoms with Crippen LogP contribution < -0.4 is 43.0 Å². The second kappa shape index (κ2) is 30.6. The van der Waals surface area contributed by atoms with Crippen molar-refractivity contribution in [2.24, 2.45) is 17.6 Å². The smallest absolute Gasteiger partial charge is 0.326 e. The zero-order valence-electron chi connectivity index (χ0n) is 40.5. The van der Waals surface area contributed by atoms with Gasteiger partial charge in [0.2, 0.25) is 35.4 Å². The maximum atomic E-state index is 14.0. The molecule has 0 aliphatic heterocycles. The molecule has 14 N–H and O–H groups in total. The summed E-state index contributed by atoms with van der Waals surface area (Å²) in [6.45, 7) is 7.84. The summed E-state index contributed by atoms with van der Waals surface area (Å²) in [5.74, 6) is -13.7. The van der Waals surface area contributed by atoms with E-state index in [0.29, 0.717) is 10.5 Å². The van der Waals surface area contributed by atoms with Gasteiger partial charge in [-0.1, -0.05) is 76.2 Å². The number of carboxylic acids is 4. The number of hydrogen-bond acceptors (Lipinski definition) is 14. The van der Waals surface area contributed by atoms with Crippen LogP contribution in [0.25, 0.3) is 0 Å². The number of nitrogens with two attached hydrogens (primary N) is 1. The Kier molecular flexibility index (Phi) is 25.9. The lowest BCUT2D eigenvalue weighted by Gasteiger charge is -2.30. The molecule has 2 aromatic rings. The van der Waals surface area contributed by atoms with Gasteiger partial charge in [-0.3, -0.25) is 47.9 Å². The Morgan fingerprint density at radius 3 is 1.60 bits per heavy atom. The lowest BCUT2D eigenvalue weighted by molar-refractivity contribution is -0.143. The van der Waals surface area contributed by atoms with Gasteiger partial charge in [0.05, 0.1) is 18.5 Å². The third-order valence-electron chi connectivity index (χ3n) is 10.7. The number of aliphatic hydroxyl groups excluding tert-OH is 1. The minimum Gasteiger partial charge on any atom is -0.481 e. The minimum absolute atomic E-state index is 0.0179. The fourth-order valence-corrected chi connectivity index (χ4v) is 7.71. The van der Waals surface area contributed by atoms with Gasteiger partial charge in [-0.2, -0.15) is 0 Å². The number of carbonyl (C=O) groups is 11. The molecule has 0 heterocycles. The molecule has 0 aromatic heterocycles. The molecule has 25 heteroatoms. The number of amides is 7. The second-order valence-electron chi connectivity index (χ2n) is 17.6. The first-order valence-corrected chi connectivity index (χ1v) is 23.9. The lowest BCUT2D eigenvalue weighted by Crippen LogP contribution is -2.61. The van der Waals surface area contributed by atoms with Gasteiger partial charge in [-0.25, -0.2) is 4.79 Å². The standard InChI is InChI=1S/C47H66N8O16S/c1-24(2)20-31(51-45(68)38(25(3)4)55-41(64)29(48)16-18-35(56)57)44(67)54-34(23-72-28-14-10-7-11-15-28)39(62)46(69)52-32(22-37(60)61)43(66)49-26(5)40(63)50-30(17-19-36(58)59)42(65)53-33(47(70)71)21-27-12-8-6-9-13-27/h6-15,24-26,29-34,38-39,62H,16-23,48H2,1-5H3,(H,49,66)(H,50,63)(H,51,68)(H,52,69)(H,53,65)(H,54,67)(H,55,64)(H,56,57)(H,58,59)(H,60,61)(H,70,71)/t26-,29-,30-,31-,32-,33-,34-,38-,39+/m0/s1. The summed E-state index contributed by atoms with van der Waals surface area (Å²) in [4.78, 5) is 142. The summed E-state index contributed by atoms with van der Waals surface area (Å²) in [6, 6.07) is 4.84. The van der Waals surface area contributed by atoms with Crippen molar-refractivity contribution in [2.75, 3.05) is 5.75 Å². The average molecular weight is 1030 g/mol. The van der Waals surface area contributed by atoms with E-state index in [1.165, 1.54) is 0 Å². The second-order valence-corrected chi connectivity index (χ2v) is 18.7. The number of aliphatic carboxylic acids is 4. The van der Waals surface area contributed by atoms with Crippen molar-refractivity contribution in [1.82, 2.24) is 37.2 Å². The first kappa shape index (κ1) is 61.0. The van der Waals surface area contributed by atoms with E-state index >= 15 is 0 Å². The Bertz CT molecular complexity index is 2200. The number of nitrogens with one attached hydrogen (secondary N) is 7. The predicted molar refractivity (Wildman–Crippen MR) is 258 cm³/mol. The monoisotopic (exact) mass is 1030 g/mol. The van der Waals surface area contributed by atoms with Crippen molar-refractivity contribution in [3.63, 3.8) is 0 Å². The number of carbonyl (C=O) groups excluding carboxylic acids is 7. The molecular weight excluding hydrogens is 965 g/mol. The SMILES string of the molecule is CC(C)C[C@H](NC(=O)[C@@H](NC(=O)[C@@H](N)CCC(=O)O)C(C)C)C(=O)N[C@@H](CSc1ccccc1)[C@@H](O)C(=O)N[C@@H](CC(=O)O)C(=O)N[C@@H](C)C(=O)N[C@@H](CCC(=O)O)C(=O)N[C@@H](Cc1ccccc1)C(=O)O. The molecule has 0 spiro atoms. The molecule has 0 aliphatic rings. The fraction of sp³-hybridized carbons (Fsp3) is 0.511. The minimum atomic E-state index is -2.19. The van der Waals surface area contributed by atoms with E-state index in [9.17, 15) is 73.2 Å². The van der Waals surface area contributed by atoms with Crippen LogP contribution in [0.5, 0.6) is 0 Å². The lowest BCUT2D eigenvalue weighted by atomic mass is 9.99. The zero-order valence-corrected chi connectivity index (χ0v) is 41.3. The van der Waals surface area contributed by atoms with Gasteiger partial charge in [0.1, 0.15) is 36.3 Å². The van der Waals surface area contributed by atoms with Crippen LogP contribution in [0.2, 0.25) is 0 Å². The van der Waals surface area contributed by atoms with Gasteiger partial charge < -0.3 is 68.5 Å². The molecule has 24 nitrogen and oxygen atoms in total. The summed E-state index contributed by atoms with van der Waals surface area (Å²) in [7, 11) is 0. The van der Waals surface area contributed by atoms with Crippen molar-refractivity contribution < 1.29 is 78.3 Å². The topological polar surface area (TPSA) is 399 Å². The Morgan fingerprint density at radius 2 is 1.06 bits per heavy atom. The van der Waals surface area contributed by atoms with Gasteiger partial charge in [0, 0.05) is 29.9 Å². The van der Waals surface area contributed by atoms with Crippen molar-refractivity contribution in [1.29, 1.82) is 0 Å². The van der Waals surface area contributed by atoms with Gasteiger partial charge in [0.25, 0.3) is 5.91 Å². The van der Waals surface area contributed by atoms with Crippen LogP contribution in [0.4, 0.5) is 0 Å². The van der Waals surface area contributed by atoms with Crippen LogP contribution in [-0.2, 0) is 59.2 Å². The molecule has 0 bridgehead atoms. The third-order valence-corrected chi connectivity index (χ3v) is 11.8. The molecule has 0 fully saturated rings. The summed E-state index contributed by atoms with van der Waals surface area (Å²) >= 11 is 1.10. The summed E-state index contributed by atoms with van der Waals surface area (Å²) in [5.41, 5.74) is 6.40. The maximum Gasteiger partial charge on any atom is 0.326 e. The molecular formula is C47H66N8O16S. The van der Waals surface area contributed by atoms with Crippen molar-refractivity contribution in [3.05, 3.63) is 66.2 Å². The van der Waals surface area contributed by atoms with Crippen LogP contribution in [0.1, 0.15) is 78.7 Å². The molecule has 2 aromatic carbocycles. The molecule has 7 amide bonds. The fourth-order valence-electron chi connectivity index (χ4n) is 6.73. The van der Waals surface area contributed by atoms with Crippen molar-refractivity contribution >= 4 is 77.0 Å². The average Bonchev–Trinajstić information content (AvgIpc) is 3.31. The zero-order chi connectivity index (χ0) is 54.2.